The first-order chi connectivity index (χ1) is 9.43. The fourth-order valence-corrected chi connectivity index (χ4v) is 2.61. The Morgan fingerprint density at radius 1 is 1.50 bits per heavy atom. The molecule has 5 nitrogen and oxygen atoms in total. The first-order valence-electron chi connectivity index (χ1n) is 6.71. The summed E-state index contributed by atoms with van der Waals surface area (Å²) in [5.41, 5.74) is 5.78. The van der Waals surface area contributed by atoms with Crippen LogP contribution in [0.3, 0.4) is 0 Å². The molecule has 1 fully saturated rings. The first-order valence-corrected chi connectivity index (χ1v) is 6.71. The van der Waals surface area contributed by atoms with E-state index in [1.807, 2.05) is 11.9 Å². The van der Waals surface area contributed by atoms with Crippen molar-refractivity contribution in [1.82, 2.24) is 4.90 Å². The van der Waals surface area contributed by atoms with Gasteiger partial charge in [0.25, 0.3) is 0 Å². The minimum atomic E-state index is -1.13. The van der Waals surface area contributed by atoms with Crippen LogP contribution in [0.15, 0.2) is 12.1 Å². The number of anilines is 2. The Balaban J connectivity index is 2.33. The van der Waals surface area contributed by atoms with Crippen molar-refractivity contribution in [3.63, 3.8) is 0 Å². The second-order valence-corrected chi connectivity index (χ2v) is 5.18. The van der Waals surface area contributed by atoms with Crippen molar-refractivity contribution in [2.24, 2.45) is 0 Å². The highest BCUT2D eigenvalue weighted by Gasteiger charge is 2.26. The third kappa shape index (κ3) is 2.70. The average Bonchev–Trinajstić information content (AvgIpc) is 2.39. The van der Waals surface area contributed by atoms with Gasteiger partial charge in [0.1, 0.15) is 5.82 Å². The molecule has 20 heavy (non-hydrogen) atoms. The van der Waals surface area contributed by atoms with Gasteiger partial charge in [-0.15, -0.1) is 0 Å². The van der Waals surface area contributed by atoms with E-state index in [9.17, 15) is 9.18 Å². The first kappa shape index (κ1) is 14.6. The number of rotatable bonds is 3. The van der Waals surface area contributed by atoms with E-state index in [1.54, 1.807) is 0 Å². The van der Waals surface area contributed by atoms with Crippen LogP contribution in [0.2, 0.25) is 0 Å². The number of nitrogens with two attached hydrogens (primary N) is 1. The Hall–Kier alpha value is -1.82. The molecular formula is C14H20FN3O2. The van der Waals surface area contributed by atoms with E-state index < -0.39 is 11.8 Å². The zero-order valence-electron chi connectivity index (χ0n) is 11.8. The maximum atomic E-state index is 14.1. The van der Waals surface area contributed by atoms with Crippen molar-refractivity contribution in [2.75, 3.05) is 37.3 Å². The number of halogens is 1. The van der Waals surface area contributed by atoms with Gasteiger partial charge < -0.3 is 15.7 Å². The zero-order valence-corrected chi connectivity index (χ0v) is 11.8. The second kappa shape index (κ2) is 5.66. The lowest BCUT2D eigenvalue weighted by atomic mass is 10.1. The van der Waals surface area contributed by atoms with E-state index >= 15 is 0 Å². The molecule has 1 heterocycles. The largest absolute Gasteiger partial charge is 0.478 e. The minimum Gasteiger partial charge on any atom is -0.478 e. The minimum absolute atomic E-state index is 0.0417. The molecule has 6 heteroatoms. The third-order valence-electron chi connectivity index (χ3n) is 3.94. The Kier molecular flexibility index (Phi) is 4.13. The lowest BCUT2D eigenvalue weighted by Gasteiger charge is -2.40. The van der Waals surface area contributed by atoms with Crippen molar-refractivity contribution >= 4 is 17.3 Å². The van der Waals surface area contributed by atoms with Crippen molar-refractivity contribution in [3.8, 4) is 0 Å². The summed E-state index contributed by atoms with van der Waals surface area (Å²) in [6.45, 7) is 4.28. The molecule has 1 aliphatic heterocycles. The van der Waals surface area contributed by atoms with Gasteiger partial charge in [0, 0.05) is 31.4 Å². The smallest absolute Gasteiger partial charge is 0.337 e. The van der Waals surface area contributed by atoms with Crippen LogP contribution < -0.4 is 10.6 Å². The van der Waals surface area contributed by atoms with Crippen LogP contribution in [0, 0.1) is 5.82 Å². The number of benzene rings is 1. The number of aromatic carboxylic acids is 1. The predicted octanol–water partition coefficient (Wildman–Crippen LogP) is 1.64. The Labute approximate surface area is 117 Å². The Bertz CT molecular complexity index is 521. The summed E-state index contributed by atoms with van der Waals surface area (Å²) in [6.07, 6.45) is 0.968. The number of hydrogen-bond acceptors (Lipinski definition) is 4. The summed E-state index contributed by atoms with van der Waals surface area (Å²) < 4.78 is 14.1. The molecule has 1 saturated heterocycles. The summed E-state index contributed by atoms with van der Waals surface area (Å²) in [5, 5.41) is 9.09. The normalized spacial score (nSPS) is 20.1. The number of likely N-dealkylation sites (N-methyl/N-ethyl adjacent to an activating group) is 1. The summed E-state index contributed by atoms with van der Waals surface area (Å²) in [6, 6.07) is 2.78. The molecular weight excluding hydrogens is 261 g/mol. The van der Waals surface area contributed by atoms with Crippen molar-refractivity contribution < 1.29 is 14.3 Å². The van der Waals surface area contributed by atoms with Crippen LogP contribution in [0.5, 0.6) is 0 Å². The molecule has 0 amide bonds. The summed E-state index contributed by atoms with van der Waals surface area (Å²) >= 11 is 0. The molecule has 0 aliphatic carbocycles. The zero-order chi connectivity index (χ0) is 14.9. The maximum absolute atomic E-state index is 14.1. The molecule has 3 N–H and O–H groups in total. The lowest BCUT2D eigenvalue weighted by Crippen LogP contribution is -2.51. The fraction of sp³-hybridized carbons (Fsp3) is 0.500. The monoisotopic (exact) mass is 281 g/mol. The Morgan fingerprint density at radius 3 is 2.80 bits per heavy atom. The van der Waals surface area contributed by atoms with Crippen LogP contribution in [0.25, 0.3) is 0 Å². The number of hydrogen-bond donors (Lipinski definition) is 2. The lowest BCUT2D eigenvalue weighted by molar-refractivity contribution is 0.0698. The highest BCUT2D eigenvalue weighted by molar-refractivity contribution is 5.95. The standard InChI is InChI=1S/C14H20FN3O2/c1-3-9-8-18(5-4-17(9)2)13-6-10(14(19)20)12(16)7-11(13)15/h6-7,9H,3-5,8,16H2,1-2H3,(H,19,20). The molecule has 1 aromatic rings. The van der Waals surface area contributed by atoms with Gasteiger partial charge >= 0.3 is 5.97 Å². The van der Waals surface area contributed by atoms with Crippen LogP contribution in [-0.2, 0) is 0 Å². The fourth-order valence-electron chi connectivity index (χ4n) is 2.61. The van der Waals surface area contributed by atoms with Gasteiger partial charge in [-0.3, -0.25) is 4.90 Å². The van der Waals surface area contributed by atoms with Crippen LogP contribution in [0.4, 0.5) is 15.8 Å². The van der Waals surface area contributed by atoms with E-state index in [1.165, 1.54) is 6.07 Å². The molecule has 110 valence electrons. The highest BCUT2D eigenvalue weighted by Crippen LogP contribution is 2.27. The number of nitrogen functional groups attached to an aromatic ring is 1. The van der Waals surface area contributed by atoms with Crippen molar-refractivity contribution in [1.29, 1.82) is 0 Å². The number of carboxylic acid groups (broad SMARTS) is 1. The van der Waals surface area contributed by atoms with E-state index in [2.05, 4.69) is 11.8 Å². The van der Waals surface area contributed by atoms with E-state index in [4.69, 9.17) is 10.8 Å². The van der Waals surface area contributed by atoms with Gasteiger partial charge in [-0.1, -0.05) is 6.92 Å². The molecule has 1 unspecified atom stereocenters. The summed E-state index contributed by atoms with van der Waals surface area (Å²) in [5.74, 6) is -1.60. The molecule has 0 saturated carbocycles. The SMILES string of the molecule is CCC1CN(c2cc(C(=O)O)c(N)cc2F)CCN1C. The molecule has 1 aliphatic rings. The summed E-state index contributed by atoms with van der Waals surface area (Å²) in [4.78, 5) is 15.2. The van der Waals surface area contributed by atoms with Gasteiger partial charge in [0.05, 0.1) is 11.3 Å². The number of piperazine rings is 1. The number of carbonyl (C=O) groups is 1. The maximum Gasteiger partial charge on any atom is 0.337 e. The second-order valence-electron chi connectivity index (χ2n) is 5.18. The van der Waals surface area contributed by atoms with Gasteiger partial charge in [-0.05, 0) is 25.6 Å². The van der Waals surface area contributed by atoms with Gasteiger partial charge in [0.15, 0.2) is 0 Å². The average molecular weight is 281 g/mol. The van der Waals surface area contributed by atoms with Crippen LogP contribution >= 0.6 is 0 Å². The molecule has 0 spiro atoms. The van der Waals surface area contributed by atoms with Crippen LogP contribution in [0.1, 0.15) is 23.7 Å². The summed E-state index contributed by atoms with van der Waals surface area (Å²) in [7, 11) is 2.05. The highest BCUT2D eigenvalue weighted by atomic mass is 19.1. The van der Waals surface area contributed by atoms with Crippen molar-refractivity contribution in [2.45, 2.75) is 19.4 Å². The molecule has 1 atom stereocenters. The quantitative estimate of drug-likeness (QED) is 0.824. The molecule has 0 bridgehead atoms. The molecule has 0 radical (unpaired) electrons. The van der Waals surface area contributed by atoms with E-state index in [0.717, 1.165) is 19.0 Å². The topological polar surface area (TPSA) is 69.8 Å². The molecule has 0 aromatic heterocycles. The molecule has 1 aromatic carbocycles. The van der Waals surface area contributed by atoms with E-state index in [0.29, 0.717) is 24.8 Å². The predicted molar refractivity (Wildman–Crippen MR) is 76.7 cm³/mol. The van der Waals surface area contributed by atoms with Crippen molar-refractivity contribution in [3.05, 3.63) is 23.5 Å². The third-order valence-corrected chi connectivity index (χ3v) is 3.94. The Morgan fingerprint density at radius 2 is 2.20 bits per heavy atom. The van der Waals surface area contributed by atoms with Crippen LogP contribution in [-0.4, -0.2) is 48.7 Å². The van der Waals surface area contributed by atoms with Gasteiger partial charge in [0.2, 0.25) is 0 Å². The molecule has 2 rings (SSSR count). The van der Waals surface area contributed by atoms with Gasteiger partial charge in [-0.2, -0.15) is 0 Å². The van der Waals surface area contributed by atoms with E-state index in [-0.39, 0.29) is 11.3 Å². The number of carboxylic acids is 1. The number of nitrogens with zero attached hydrogens (tertiary/aromatic N) is 2. The van der Waals surface area contributed by atoms with Gasteiger partial charge in [-0.25, -0.2) is 9.18 Å².